The number of hydrogen-bond donors (Lipinski definition) is 3. The van der Waals surface area contributed by atoms with Crippen LogP contribution in [-0.4, -0.2) is 54.4 Å². The van der Waals surface area contributed by atoms with Crippen molar-refractivity contribution in [3.05, 3.63) is 30.1 Å². The first-order chi connectivity index (χ1) is 9.54. The normalized spacial score (nSPS) is 15.9. The first kappa shape index (κ1) is 14.3. The third-order valence-corrected chi connectivity index (χ3v) is 3.15. The summed E-state index contributed by atoms with van der Waals surface area (Å²) < 4.78 is 12.8. The maximum Gasteiger partial charge on any atom is 0.321 e. The summed E-state index contributed by atoms with van der Waals surface area (Å²) in [6, 6.07) is 5.47. The number of amidine groups is 1. The van der Waals surface area contributed by atoms with Gasteiger partial charge < -0.3 is 16.0 Å². The van der Waals surface area contributed by atoms with E-state index in [1.807, 2.05) is 4.90 Å². The van der Waals surface area contributed by atoms with E-state index in [1.54, 1.807) is 4.90 Å². The van der Waals surface area contributed by atoms with Gasteiger partial charge in [0.1, 0.15) is 11.7 Å². The molecule has 4 N–H and O–H groups in total. The Morgan fingerprint density at radius 1 is 1.25 bits per heavy atom. The fourth-order valence-corrected chi connectivity index (χ4v) is 2.09. The van der Waals surface area contributed by atoms with Gasteiger partial charge in [-0.3, -0.25) is 10.3 Å². The van der Waals surface area contributed by atoms with Crippen LogP contribution in [-0.2, 0) is 0 Å². The van der Waals surface area contributed by atoms with E-state index in [4.69, 9.17) is 11.1 Å². The van der Waals surface area contributed by atoms with E-state index < -0.39 is 0 Å². The molecule has 1 saturated heterocycles. The molecule has 1 aliphatic rings. The van der Waals surface area contributed by atoms with Gasteiger partial charge in [0, 0.05) is 31.9 Å². The standard InChI is InChI=1S/C13H18FN5O/c14-10-1-3-11(4-2-10)17-13(20)19-7-5-18(6-8-19)9-12(15)16/h1-4H,5-9H2,(H3,15,16)(H,17,20). The van der Waals surface area contributed by atoms with Gasteiger partial charge in [-0.1, -0.05) is 0 Å². The molecule has 0 atom stereocenters. The zero-order chi connectivity index (χ0) is 14.5. The number of urea groups is 1. The van der Waals surface area contributed by atoms with Crippen LogP contribution >= 0.6 is 0 Å². The molecule has 1 heterocycles. The largest absolute Gasteiger partial charge is 0.387 e. The van der Waals surface area contributed by atoms with Crippen molar-refractivity contribution in [2.75, 3.05) is 38.0 Å². The van der Waals surface area contributed by atoms with E-state index in [2.05, 4.69) is 5.32 Å². The van der Waals surface area contributed by atoms with Crippen LogP contribution in [0.15, 0.2) is 24.3 Å². The second-order valence-electron chi connectivity index (χ2n) is 4.73. The number of nitrogens with two attached hydrogens (primary N) is 1. The highest BCUT2D eigenvalue weighted by Crippen LogP contribution is 2.10. The van der Waals surface area contributed by atoms with Gasteiger partial charge >= 0.3 is 6.03 Å². The number of piperazine rings is 1. The number of carbonyl (C=O) groups excluding carboxylic acids is 1. The number of rotatable bonds is 3. The lowest BCUT2D eigenvalue weighted by Crippen LogP contribution is -2.51. The van der Waals surface area contributed by atoms with Crippen molar-refractivity contribution < 1.29 is 9.18 Å². The topological polar surface area (TPSA) is 85.5 Å². The number of anilines is 1. The highest BCUT2D eigenvalue weighted by Gasteiger charge is 2.21. The second kappa shape index (κ2) is 6.33. The molecule has 1 aromatic carbocycles. The zero-order valence-corrected chi connectivity index (χ0v) is 11.1. The second-order valence-corrected chi connectivity index (χ2v) is 4.73. The molecule has 0 aromatic heterocycles. The summed E-state index contributed by atoms with van der Waals surface area (Å²) in [4.78, 5) is 15.7. The van der Waals surface area contributed by atoms with Gasteiger partial charge in [-0.05, 0) is 24.3 Å². The van der Waals surface area contributed by atoms with E-state index >= 15 is 0 Å². The predicted octanol–water partition coefficient (Wildman–Crippen LogP) is 0.911. The highest BCUT2D eigenvalue weighted by atomic mass is 19.1. The van der Waals surface area contributed by atoms with Crippen LogP contribution < -0.4 is 11.1 Å². The molecular weight excluding hydrogens is 261 g/mol. The molecule has 0 radical (unpaired) electrons. The van der Waals surface area contributed by atoms with E-state index in [-0.39, 0.29) is 17.7 Å². The quantitative estimate of drug-likeness (QED) is 0.568. The summed E-state index contributed by atoms with van der Waals surface area (Å²) in [5.74, 6) is -0.199. The van der Waals surface area contributed by atoms with Crippen molar-refractivity contribution in [2.24, 2.45) is 5.73 Å². The number of halogens is 1. The third-order valence-electron chi connectivity index (χ3n) is 3.15. The molecule has 0 bridgehead atoms. The number of carbonyl (C=O) groups is 1. The molecule has 108 valence electrons. The Morgan fingerprint density at radius 2 is 1.85 bits per heavy atom. The summed E-state index contributed by atoms with van der Waals surface area (Å²) in [5.41, 5.74) is 5.92. The maximum absolute atomic E-state index is 12.8. The van der Waals surface area contributed by atoms with Gasteiger partial charge in [-0.15, -0.1) is 0 Å². The number of hydrogen-bond acceptors (Lipinski definition) is 3. The Bertz CT molecular complexity index is 482. The zero-order valence-electron chi connectivity index (χ0n) is 11.1. The van der Waals surface area contributed by atoms with Gasteiger partial charge in [-0.25, -0.2) is 9.18 Å². The minimum absolute atomic E-state index is 0.134. The van der Waals surface area contributed by atoms with E-state index in [1.165, 1.54) is 24.3 Å². The Balaban J connectivity index is 1.82. The van der Waals surface area contributed by atoms with Crippen LogP contribution in [0.4, 0.5) is 14.9 Å². The number of nitrogens with one attached hydrogen (secondary N) is 2. The SMILES string of the molecule is N=C(N)CN1CCN(C(=O)Nc2ccc(F)cc2)CC1. The van der Waals surface area contributed by atoms with Crippen LogP contribution in [0.25, 0.3) is 0 Å². The van der Waals surface area contributed by atoms with Crippen molar-refractivity contribution in [2.45, 2.75) is 0 Å². The lowest BCUT2D eigenvalue weighted by molar-refractivity contribution is 0.158. The molecule has 7 heteroatoms. The monoisotopic (exact) mass is 279 g/mol. The number of benzene rings is 1. The summed E-state index contributed by atoms with van der Waals surface area (Å²) in [6.45, 7) is 2.99. The van der Waals surface area contributed by atoms with E-state index in [0.717, 1.165) is 0 Å². The third kappa shape index (κ3) is 3.92. The summed E-state index contributed by atoms with van der Waals surface area (Å²) in [5, 5.41) is 9.97. The summed E-state index contributed by atoms with van der Waals surface area (Å²) in [6.07, 6.45) is 0. The first-order valence-electron chi connectivity index (χ1n) is 6.41. The molecule has 1 aliphatic heterocycles. The van der Waals surface area contributed by atoms with Gasteiger partial charge in [-0.2, -0.15) is 0 Å². The Labute approximate surface area is 116 Å². The van der Waals surface area contributed by atoms with E-state index in [0.29, 0.717) is 38.4 Å². The Hall–Kier alpha value is -2.15. The number of nitrogens with zero attached hydrogens (tertiary/aromatic N) is 2. The molecule has 1 aromatic rings. The molecule has 6 nitrogen and oxygen atoms in total. The van der Waals surface area contributed by atoms with Crippen molar-refractivity contribution in [3.63, 3.8) is 0 Å². The predicted molar refractivity (Wildman–Crippen MR) is 75.3 cm³/mol. The molecule has 2 amide bonds. The highest BCUT2D eigenvalue weighted by molar-refractivity contribution is 5.89. The average Bonchev–Trinajstić information content (AvgIpc) is 2.41. The molecule has 0 saturated carbocycles. The van der Waals surface area contributed by atoms with Crippen molar-refractivity contribution in [3.8, 4) is 0 Å². The summed E-state index contributed by atoms with van der Waals surface area (Å²) in [7, 11) is 0. The van der Waals surface area contributed by atoms with Gasteiger partial charge in [0.2, 0.25) is 0 Å². The van der Waals surface area contributed by atoms with Crippen LogP contribution in [0, 0.1) is 11.2 Å². The van der Waals surface area contributed by atoms with Gasteiger partial charge in [0.25, 0.3) is 0 Å². The lowest BCUT2D eigenvalue weighted by atomic mass is 10.3. The lowest BCUT2D eigenvalue weighted by Gasteiger charge is -2.34. The van der Waals surface area contributed by atoms with Crippen molar-refractivity contribution in [1.29, 1.82) is 5.41 Å². The van der Waals surface area contributed by atoms with Crippen LogP contribution in [0.2, 0.25) is 0 Å². The fraction of sp³-hybridized carbons (Fsp3) is 0.385. The molecule has 0 unspecified atom stereocenters. The minimum Gasteiger partial charge on any atom is -0.387 e. The molecule has 20 heavy (non-hydrogen) atoms. The van der Waals surface area contributed by atoms with Gasteiger partial charge in [0.05, 0.1) is 6.54 Å². The molecule has 0 spiro atoms. The van der Waals surface area contributed by atoms with Crippen molar-refractivity contribution >= 4 is 17.6 Å². The average molecular weight is 279 g/mol. The maximum atomic E-state index is 12.8. The first-order valence-corrected chi connectivity index (χ1v) is 6.41. The smallest absolute Gasteiger partial charge is 0.321 e. The van der Waals surface area contributed by atoms with Crippen molar-refractivity contribution in [1.82, 2.24) is 9.80 Å². The minimum atomic E-state index is -0.333. The van der Waals surface area contributed by atoms with Gasteiger partial charge in [0.15, 0.2) is 0 Å². The fourth-order valence-electron chi connectivity index (χ4n) is 2.09. The number of amides is 2. The molecular formula is C13H18FN5O. The van der Waals surface area contributed by atoms with Crippen LogP contribution in [0.5, 0.6) is 0 Å². The Morgan fingerprint density at radius 3 is 2.40 bits per heavy atom. The Kier molecular flexibility index (Phi) is 4.52. The molecule has 0 aliphatic carbocycles. The van der Waals surface area contributed by atoms with Crippen LogP contribution in [0.3, 0.4) is 0 Å². The molecule has 1 fully saturated rings. The van der Waals surface area contributed by atoms with Crippen LogP contribution in [0.1, 0.15) is 0 Å². The summed E-state index contributed by atoms with van der Waals surface area (Å²) >= 11 is 0. The van der Waals surface area contributed by atoms with E-state index in [9.17, 15) is 9.18 Å². The molecule has 2 rings (SSSR count).